The maximum Gasteiger partial charge on any atom is 0.171 e. The molecule has 0 aromatic carbocycles. The monoisotopic (exact) mass is 213 g/mol. The molecule has 2 rings (SSSR count). The molecule has 0 saturated carbocycles. The maximum atomic E-state index is 11.0. The van der Waals surface area contributed by atoms with E-state index in [1.165, 1.54) is 18.6 Å². The minimum Gasteiger partial charge on any atom is -0.294 e. The Morgan fingerprint density at radius 1 is 1.69 bits per heavy atom. The number of thioether (sulfide) groups is 1. The van der Waals surface area contributed by atoms with Crippen LogP contribution in [0.25, 0.3) is 0 Å². The molecule has 1 aromatic rings. The second kappa shape index (κ2) is 3.80. The van der Waals surface area contributed by atoms with Crippen molar-refractivity contribution in [3.8, 4) is 0 Å². The van der Waals surface area contributed by atoms with Gasteiger partial charge in [0.1, 0.15) is 5.01 Å². The molecular weight excluding hydrogens is 202 g/mol. The van der Waals surface area contributed by atoms with Crippen LogP contribution in [-0.2, 0) is 0 Å². The molecule has 0 spiro atoms. The van der Waals surface area contributed by atoms with Gasteiger partial charge in [-0.1, -0.05) is 0 Å². The number of hydrogen-bond donors (Lipinski definition) is 0. The van der Waals surface area contributed by atoms with Crippen molar-refractivity contribution in [2.45, 2.75) is 25.0 Å². The number of aromatic nitrogens is 1. The molecule has 1 atom stereocenters. The van der Waals surface area contributed by atoms with Gasteiger partial charge in [-0.15, -0.1) is 11.3 Å². The number of carbonyl (C=O) groups is 1. The molecule has 1 fully saturated rings. The summed E-state index contributed by atoms with van der Waals surface area (Å²) in [5, 5.41) is 1.69. The number of thiazole rings is 1. The third-order valence-electron chi connectivity index (χ3n) is 2.08. The van der Waals surface area contributed by atoms with E-state index < -0.39 is 0 Å². The molecule has 1 aliphatic heterocycles. The Kier molecular flexibility index (Phi) is 2.69. The van der Waals surface area contributed by atoms with Crippen molar-refractivity contribution in [1.82, 2.24) is 4.98 Å². The number of rotatable bonds is 2. The first-order valence-corrected chi connectivity index (χ1v) is 6.22. The summed E-state index contributed by atoms with van der Waals surface area (Å²) in [5.41, 5.74) is 0. The standard InChI is InChI=1S/C9H11NOS2/c1-6(11)8-5-10-9(13-8)7-3-2-4-12-7/h5,7H,2-4H2,1H3. The minimum atomic E-state index is 0.131. The summed E-state index contributed by atoms with van der Waals surface area (Å²) in [6.45, 7) is 1.60. The predicted molar refractivity (Wildman–Crippen MR) is 56.6 cm³/mol. The molecule has 0 bridgehead atoms. The van der Waals surface area contributed by atoms with Gasteiger partial charge in [0, 0.05) is 13.1 Å². The third kappa shape index (κ3) is 1.94. The molecule has 0 amide bonds. The Morgan fingerprint density at radius 3 is 3.08 bits per heavy atom. The van der Waals surface area contributed by atoms with Gasteiger partial charge in [-0.3, -0.25) is 4.79 Å². The first kappa shape index (κ1) is 9.21. The summed E-state index contributed by atoms with van der Waals surface area (Å²) in [6.07, 6.45) is 4.21. The highest BCUT2D eigenvalue weighted by Gasteiger charge is 2.21. The summed E-state index contributed by atoms with van der Waals surface area (Å²) < 4.78 is 0. The molecule has 0 radical (unpaired) electrons. The van der Waals surface area contributed by atoms with Gasteiger partial charge in [0.05, 0.1) is 10.1 Å². The fraction of sp³-hybridized carbons (Fsp3) is 0.556. The first-order chi connectivity index (χ1) is 6.27. The van der Waals surface area contributed by atoms with Crippen molar-refractivity contribution >= 4 is 28.9 Å². The molecule has 2 heterocycles. The second-order valence-corrected chi connectivity index (χ2v) is 5.49. The lowest BCUT2D eigenvalue weighted by atomic mass is 10.3. The number of hydrogen-bond acceptors (Lipinski definition) is 4. The SMILES string of the molecule is CC(=O)c1cnc(C2CCCS2)s1. The van der Waals surface area contributed by atoms with Crippen LogP contribution < -0.4 is 0 Å². The molecule has 4 heteroatoms. The van der Waals surface area contributed by atoms with Gasteiger partial charge in [0.25, 0.3) is 0 Å². The summed E-state index contributed by atoms with van der Waals surface area (Å²) in [7, 11) is 0. The van der Waals surface area contributed by atoms with Crippen molar-refractivity contribution in [2.75, 3.05) is 5.75 Å². The van der Waals surface area contributed by atoms with Crippen LogP contribution in [0.5, 0.6) is 0 Å². The van der Waals surface area contributed by atoms with Gasteiger partial charge in [0.15, 0.2) is 5.78 Å². The quantitative estimate of drug-likeness (QED) is 0.707. The number of carbonyl (C=O) groups excluding carboxylic acids is 1. The van der Waals surface area contributed by atoms with E-state index in [4.69, 9.17) is 0 Å². The molecule has 1 unspecified atom stereocenters. The fourth-order valence-corrected chi connectivity index (χ4v) is 3.70. The van der Waals surface area contributed by atoms with Gasteiger partial charge in [-0.05, 0) is 18.6 Å². The van der Waals surface area contributed by atoms with E-state index in [1.807, 2.05) is 11.8 Å². The number of ketones is 1. The van der Waals surface area contributed by atoms with Gasteiger partial charge in [-0.2, -0.15) is 11.8 Å². The molecule has 2 nitrogen and oxygen atoms in total. The topological polar surface area (TPSA) is 30.0 Å². The molecule has 0 N–H and O–H groups in total. The van der Waals surface area contributed by atoms with E-state index in [1.54, 1.807) is 24.5 Å². The van der Waals surface area contributed by atoms with Crippen LogP contribution in [0, 0.1) is 0 Å². The molecule has 70 valence electrons. The van der Waals surface area contributed by atoms with Gasteiger partial charge < -0.3 is 0 Å². The smallest absolute Gasteiger partial charge is 0.171 e. The van der Waals surface area contributed by atoms with Gasteiger partial charge in [-0.25, -0.2) is 4.98 Å². The average Bonchev–Trinajstić information content (AvgIpc) is 2.75. The zero-order valence-electron chi connectivity index (χ0n) is 7.45. The average molecular weight is 213 g/mol. The lowest BCUT2D eigenvalue weighted by molar-refractivity contribution is 0.102. The van der Waals surface area contributed by atoms with E-state index in [2.05, 4.69) is 4.98 Å². The maximum absolute atomic E-state index is 11.0. The Hall–Kier alpha value is -0.350. The molecule has 13 heavy (non-hydrogen) atoms. The number of Topliss-reactive ketones (excluding diaryl/α,β-unsaturated/α-hetero) is 1. The third-order valence-corrected chi connectivity index (χ3v) is 4.82. The van der Waals surface area contributed by atoms with Crippen molar-refractivity contribution in [1.29, 1.82) is 0 Å². The van der Waals surface area contributed by atoms with Crippen molar-refractivity contribution in [3.05, 3.63) is 16.1 Å². The molecule has 0 aliphatic carbocycles. The van der Waals surface area contributed by atoms with Gasteiger partial charge in [0.2, 0.25) is 0 Å². The second-order valence-electron chi connectivity index (χ2n) is 3.12. The van der Waals surface area contributed by atoms with Crippen LogP contribution in [0.3, 0.4) is 0 Å². The van der Waals surface area contributed by atoms with E-state index in [9.17, 15) is 4.79 Å². The van der Waals surface area contributed by atoms with Crippen molar-refractivity contribution in [2.24, 2.45) is 0 Å². The van der Waals surface area contributed by atoms with Crippen LogP contribution in [0.2, 0.25) is 0 Å². The van der Waals surface area contributed by atoms with Crippen molar-refractivity contribution in [3.63, 3.8) is 0 Å². The number of nitrogens with zero attached hydrogens (tertiary/aromatic N) is 1. The van der Waals surface area contributed by atoms with E-state index in [0.717, 1.165) is 9.88 Å². The molecular formula is C9H11NOS2. The van der Waals surface area contributed by atoms with Gasteiger partial charge >= 0.3 is 0 Å². The summed E-state index contributed by atoms with van der Waals surface area (Å²) in [6, 6.07) is 0. The van der Waals surface area contributed by atoms with Crippen LogP contribution in [0.4, 0.5) is 0 Å². The Bertz CT molecular complexity index is 315. The zero-order valence-corrected chi connectivity index (χ0v) is 9.08. The van der Waals surface area contributed by atoms with Crippen LogP contribution in [0.1, 0.15) is 39.7 Å². The van der Waals surface area contributed by atoms with E-state index in [-0.39, 0.29) is 5.78 Å². The highest BCUT2D eigenvalue weighted by Crippen LogP contribution is 2.41. The predicted octanol–water partition coefficient (Wildman–Crippen LogP) is 2.91. The minimum absolute atomic E-state index is 0.131. The lowest BCUT2D eigenvalue weighted by Gasteiger charge is -2.01. The highest BCUT2D eigenvalue weighted by atomic mass is 32.2. The van der Waals surface area contributed by atoms with Crippen LogP contribution in [-0.4, -0.2) is 16.5 Å². The van der Waals surface area contributed by atoms with E-state index >= 15 is 0 Å². The van der Waals surface area contributed by atoms with E-state index in [0.29, 0.717) is 5.25 Å². The summed E-state index contributed by atoms with van der Waals surface area (Å²) >= 11 is 3.51. The lowest BCUT2D eigenvalue weighted by Crippen LogP contribution is -1.85. The summed E-state index contributed by atoms with van der Waals surface area (Å²) in [5.74, 6) is 1.37. The largest absolute Gasteiger partial charge is 0.294 e. The zero-order chi connectivity index (χ0) is 9.26. The van der Waals surface area contributed by atoms with Crippen molar-refractivity contribution < 1.29 is 4.79 Å². The summed E-state index contributed by atoms with van der Waals surface area (Å²) in [4.78, 5) is 16.1. The molecule has 1 aliphatic rings. The highest BCUT2D eigenvalue weighted by molar-refractivity contribution is 7.99. The first-order valence-electron chi connectivity index (χ1n) is 4.35. The Morgan fingerprint density at radius 2 is 2.54 bits per heavy atom. The fourth-order valence-electron chi connectivity index (χ4n) is 1.37. The molecule has 1 aromatic heterocycles. The van der Waals surface area contributed by atoms with Crippen LogP contribution >= 0.6 is 23.1 Å². The molecule has 1 saturated heterocycles. The normalized spacial score (nSPS) is 22.1. The Balaban J connectivity index is 2.16. The Labute approximate surface area is 85.8 Å². The van der Waals surface area contributed by atoms with Crippen LogP contribution in [0.15, 0.2) is 6.20 Å².